The number of rotatable bonds is 9. The van der Waals surface area contributed by atoms with Crippen molar-refractivity contribution in [2.24, 2.45) is 0 Å². The minimum Gasteiger partial charge on any atom is -0.350 e. The molecule has 0 saturated heterocycles. The van der Waals surface area contributed by atoms with Gasteiger partial charge in [-0.15, -0.1) is 11.3 Å². The number of fused-ring (bicyclic) bond motifs is 1. The molecule has 8 nitrogen and oxygen atoms in total. The first-order chi connectivity index (χ1) is 13.5. The van der Waals surface area contributed by atoms with Crippen LogP contribution in [0.2, 0.25) is 0 Å². The van der Waals surface area contributed by atoms with E-state index in [4.69, 9.17) is 9.65 Å². The molecule has 0 aliphatic heterocycles. The number of nitrogens with one attached hydrogen (secondary N) is 2. The van der Waals surface area contributed by atoms with Crippen LogP contribution < -0.4 is 10.6 Å². The molecule has 3 rings (SSSR count). The molecule has 1 aliphatic rings. The maximum atomic E-state index is 12.5. The fraction of sp³-hybridized carbons (Fsp3) is 0.667. The third-order valence-electron chi connectivity index (χ3n) is 5.17. The number of thiophene rings is 1. The molecule has 2 aromatic rings. The van der Waals surface area contributed by atoms with E-state index in [1.54, 1.807) is 7.05 Å². The van der Waals surface area contributed by atoms with Crippen molar-refractivity contribution in [3.8, 4) is 0 Å². The van der Waals surface area contributed by atoms with Crippen molar-refractivity contribution < 1.29 is 13.6 Å². The predicted molar refractivity (Wildman–Crippen MR) is 113 cm³/mol. The molecule has 1 fully saturated rings. The quantitative estimate of drug-likeness (QED) is 0.421. The van der Waals surface area contributed by atoms with Gasteiger partial charge < -0.3 is 10.6 Å². The van der Waals surface area contributed by atoms with Crippen molar-refractivity contribution in [1.82, 2.24) is 24.7 Å². The third kappa shape index (κ3) is 5.18. The average molecular weight is 428 g/mol. The first-order valence-electron chi connectivity index (χ1n) is 9.77. The standard InChI is InChI=1S/C18H29N5O3S2/c1-13-15-12-16(17(24)20-9-8-19-10-11-22(2)28(25)26)27-18(15)23(21-13)14-6-4-3-5-7-14/h12,14,19H,3-11H2,1-2H3,(H,20,24)(H,25,26). The normalized spacial score (nSPS) is 16.7. The number of carbonyl (C=O) groups is 1. The summed E-state index contributed by atoms with van der Waals surface area (Å²) in [4.78, 5) is 14.3. The first kappa shape index (κ1) is 21.4. The molecule has 28 heavy (non-hydrogen) atoms. The summed E-state index contributed by atoms with van der Waals surface area (Å²) in [5.74, 6) is -0.0637. The molecular formula is C18H29N5O3S2. The van der Waals surface area contributed by atoms with Crippen LogP contribution in [0.25, 0.3) is 10.2 Å². The number of hydrogen-bond acceptors (Lipinski definition) is 5. The Hall–Kier alpha value is -1.33. The summed E-state index contributed by atoms with van der Waals surface area (Å²) in [5.41, 5.74) is 0.989. The molecule has 1 amide bonds. The lowest BCUT2D eigenvalue weighted by Gasteiger charge is -2.22. The second-order valence-electron chi connectivity index (χ2n) is 7.24. The Labute approximate surface area is 172 Å². The molecule has 1 aliphatic carbocycles. The summed E-state index contributed by atoms with van der Waals surface area (Å²) in [6, 6.07) is 2.41. The number of aromatic nitrogens is 2. The van der Waals surface area contributed by atoms with Gasteiger partial charge in [0.2, 0.25) is 11.3 Å². The van der Waals surface area contributed by atoms with Gasteiger partial charge >= 0.3 is 0 Å². The van der Waals surface area contributed by atoms with Crippen LogP contribution in [0.1, 0.15) is 53.5 Å². The van der Waals surface area contributed by atoms with E-state index in [1.807, 2.05) is 13.0 Å². The van der Waals surface area contributed by atoms with E-state index in [0.29, 0.717) is 32.2 Å². The summed E-state index contributed by atoms with van der Waals surface area (Å²) in [5, 5.41) is 11.9. The van der Waals surface area contributed by atoms with Crippen molar-refractivity contribution in [3.63, 3.8) is 0 Å². The Morgan fingerprint density at radius 3 is 2.82 bits per heavy atom. The summed E-state index contributed by atoms with van der Waals surface area (Å²) < 4.78 is 23.2. The van der Waals surface area contributed by atoms with Gasteiger partial charge in [-0.1, -0.05) is 19.3 Å². The molecule has 1 saturated carbocycles. The van der Waals surface area contributed by atoms with Crippen LogP contribution in [0.15, 0.2) is 6.07 Å². The minimum atomic E-state index is -1.94. The minimum absolute atomic E-state index is 0.0637. The first-order valence-corrected chi connectivity index (χ1v) is 11.6. The SMILES string of the molecule is Cc1nn(C2CCCCC2)c2sc(C(=O)NCCNCCN(C)S(=O)O)cc12. The smallest absolute Gasteiger partial charge is 0.261 e. The van der Waals surface area contributed by atoms with E-state index in [1.165, 1.54) is 47.7 Å². The number of carbonyl (C=O) groups excluding carboxylic acids is 1. The lowest BCUT2D eigenvalue weighted by Crippen LogP contribution is -2.35. The third-order valence-corrected chi connectivity index (χ3v) is 7.01. The average Bonchev–Trinajstić information content (AvgIpc) is 3.25. The lowest BCUT2D eigenvalue weighted by molar-refractivity contribution is 0.0958. The summed E-state index contributed by atoms with van der Waals surface area (Å²) >= 11 is -0.420. The monoisotopic (exact) mass is 427 g/mol. The van der Waals surface area contributed by atoms with Crippen molar-refractivity contribution in [2.75, 3.05) is 33.2 Å². The number of hydrogen-bond donors (Lipinski definition) is 3. The van der Waals surface area contributed by atoms with Crippen LogP contribution in [0, 0.1) is 6.92 Å². The zero-order valence-corrected chi connectivity index (χ0v) is 18.1. The second-order valence-corrected chi connectivity index (χ2v) is 9.35. The van der Waals surface area contributed by atoms with Gasteiger partial charge in [-0.25, -0.2) is 8.51 Å². The lowest BCUT2D eigenvalue weighted by atomic mass is 9.96. The van der Waals surface area contributed by atoms with E-state index in [2.05, 4.69) is 15.3 Å². The summed E-state index contributed by atoms with van der Waals surface area (Å²) in [6.45, 7) is 4.17. The van der Waals surface area contributed by atoms with Gasteiger partial charge in [0.1, 0.15) is 4.83 Å². The summed E-state index contributed by atoms with van der Waals surface area (Å²) in [7, 11) is 1.58. The molecule has 0 spiro atoms. The number of nitrogens with zero attached hydrogens (tertiary/aromatic N) is 3. The molecule has 1 atom stereocenters. The van der Waals surface area contributed by atoms with Crippen molar-refractivity contribution in [1.29, 1.82) is 0 Å². The van der Waals surface area contributed by atoms with Gasteiger partial charge in [-0.05, 0) is 25.8 Å². The molecule has 3 N–H and O–H groups in total. The Kier molecular flexibility index (Phi) is 7.58. The van der Waals surface area contributed by atoms with Gasteiger partial charge in [0.15, 0.2) is 0 Å². The highest BCUT2D eigenvalue weighted by Crippen LogP contribution is 2.35. The van der Waals surface area contributed by atoms with Crippen molar-refractivity contribution in [3.05, 3.63) is 16.6 Å². The molecule has 2 heterocycles. The predicted octanol–water partition coefficient (Wildman–Crippen LogP) is 2.30. The highest BCUT2D eigenvalue weighted by atomic mass is 32.2. The highest BCUT2D eigenvalue weighted by Gasteiger charge is 2.22. The molecule has 10 heteroatoms. The fourth-order valence-corrected chi connectivity index (χ4v) is 4.95. The van der Waals surface area contributed by atoms with E-state index in [9.17, 15) is 9.00 Å². The Balaban J connectivity index is 1.52. The number of aryl methyl sites for hydroxylation is 1. The number of likely N-dealkylation sites (N-methyl/N-ethyl adjacent to an activating group) is 1. The molecule has 0 aromatic carbocycles. The fourth-order valence-electron chi connectivity index (χ4n) is 3.55. The van der Waals surface area contributed by atoms with Crippen LogP contribution in [0.3, 0.4) is 0 Å². The Morgan fingerprint density at radius 2 is 2.11 bits per heavy atom. The summed E-state index contributed by atoms with van der Waals surface area (Å²) in [6.07, 6.45) is 6.14. The van der Waals surface area contributed by atoms with Gasteiger partial charge in [0.25, 0.3) is 5.91 Å². The Morgan fingerprint density at radius 1 is 1.36 bits per heavy atom. The highest BCUT2D eigenvalue weighted by molar-refractivity contribution is 7.76. The van der Waals surface area contributed by atoms with Gasteiger partial charge in [-0.2, -0.15) is 5.10 Å². The molecule has 0 radical (unpaired) electrons. The van der Waals surface area contributed by atoms with E-state index in [-0.39, 0.29) is 5.91 Å². The van der Waals surface area contributed by atoms with Crippen LogP contribution in [0.4, 0.5) is 0 Å². The van der Waals surface area contributed by atoms with E-state index >= 15 is 0 Å². The zero-order valence-electron chi connectivity index (χ0n) is 16.4. The maximum absolute atomic E-state index is 12.5. The zero-order chi connectivity index (χ0) is 20.1. The van der Waals surface area contributed by atoms with Crippen LogP contribution in [-0.2, 0) is 11.3 Å². The molecule has 0 bridgehead atoms. The van der Waals surface area contributed by atoms with E-state index < -0.39 is 11.3 Å². The van der Waals surface area contributed by atoms with Gasteiger partial charge in [-0.3, -0.25) is 14.0 Å². The largest absolute Gasteiger partial charge is 0.350 e. The Bertz CT molecular complexity index is 829. The topological polar surface area (TPSA) is 99.5 Å². The molecular weight excluding hydrogens is 398 g/mol. The molecule has 156 valence electrons. The van der Waals surface area contributed by atoms with Gasteiger partial charge in [0.05, 0.1) is 16.6 Å². The van der Waals surface area contributed by atoms with Crippen LogP contribution in [0.5, 0.6) is 0 Å². The van der Waals surface area contributed by atoms with Crippen molar-refractivity contribution in [2.45, 2.75) is 45.1 Å². The second kappa shape index (κ2) is 9.93. The van der Waals surface area contributed by atoms with E-state index in [0.717, 1.165) is 20.8 Å². The molecule has 2 aromatic heterocycles. The molecule has 1 unspecified atom stereocenters. The number of amides is 1. The van der Waals surface area contributed by atoms with Crippen LogP contribution in [-0.4, -0.2) is 62.0 Å². The van der Waals surface area contributed by atoms with Crippen molar-refractivity contribution >= 4 is 38.7 Å². The van der Waals surface area contributed by atoms with Gasteiger partial charge in [0, 0.05) is 38.6 Å². The van der Waals surface area contributed by atoms with Crippen LogP contribution >= 0.6 is 11.3 Å². The maximum Gasteiger partial charge on any atom is 0.261 e.